The molecule has 1 aliphatic rings. The summed E-state index contributed by atoms with van der Waals surface area (Å²) in [4.78, 5) is 24.6. The molecule has 158 valence electrons. The van der Waals surface area contributed by atoms with Gasteiger partial charge < -0.3 is 20.7 Å². The third-order valence-electron chi connectivity index (χ3n) is 4.77. The van der Waals surface area contributed by atoms with Crippen molar-refractivity contribution in [2.24, 2.45) is 5.73 Å². The minimum Gasteiger partial charge on any atom is -0.489 e. The van der Waals surface area contributed by atoms with Crippen LogP contribution in [0.25, 0.3) is 10.6 Å². The fourth-order valence-electron chi connectivity index (χ4n) is 3.35. The highest BCUT2D eigenvalue weighted by Crippen LogP contribution is 2.38. The molecule has 0 bridgehead atoms. The van der Waals surface area contributed by atoms with Crippen LogP contribution in [-0.4, -0.2) is 35.1 Å². The number of thiazole rings is 2. The van der Waals surface area contributed by atoms with Crippen LogP contribution in [-0.2, 0) is 0 Å². The molecule has 4 rings (SSSR count). The average Bonchev–Trinajstić information content (AvgIpc) is 3.43. The van der Waals surface area contributed by atoms with Crippen molar-refractivity contribution in [1.29, 1.82) is 0 Å². The van der Waals surface area contributed by atoms with Gasteiger partial charge in [-0.3, -0.25) is 4.79 Å². The number of benzene rings is 1. The number of nitrogens with one attached hydrogen (secondary N) is 1. The monoisotopic (exact) mass is 443 g/mol. The fraction of sp³-hybridized carbons (Fsp3) is 0.381. The molecule has 1 amide bonds. The molecule has 30 heavy (non-hydrogen) atoms. The third kappa shape index (κ3) is 4.41. The van der Waals surface area contributed by atoms with E-state index in [1.807, 2.05) is 26.2 Å². The first-order chi connectivity index (χ1) is 14.4. The molecule has 1 fully saturated rings. The molecule has 1 saturated heterocycles. The van der Waals surface area contributed by atoms with E-state index in [-0.39, 0.29) is 6.10 Å². The number of anilines is 3. The summed E-state index contributed by atoms with van der Waals surface area (Å²) in [7, 11) is 0. The summed E-state index contributed by atoms with van der Waals surface area (Å²) in [5, 5.41) is 7.11. The Hall–Kier alpha value is -2.65. The summed E-state index contributed by atoms with van der Waals surface area (Å²) in [6.45, 7) is 8.09. The highest BCUT2D eigenvalue weighted by atomic mass is 32.1. The van der Waals surface area contributed by atoms with E-state index in [2.05, 4.69) is 10.2 Å². The maximum absolute atomic E-state index is 11.6. The van der Waals surface area contributed by atoms with Gasteiger partial charge in [-0.05, 0) is 51.8 Å². The minimum atomic E-state index is -0.483. The number of nitrogens with zero attached hydrogens (tertiary/aromatic N) is 3. The van der Waals surface area contributed by atoms with Gasteiger partial charge in [-0.25, -0.2) is 9.97 Å². The number of primary amides is 1. The maximum Gasteiger partial charge on any atom is 0.248 e. The van der Waals surface area contributed by atoms with Gasteiger partial charge in [0, 0.05) is 24.0 Å². The van der Waals surface area contributed by atoms with E-state index < -0.39 is 5.91 Å². The smallest absolute Gasteiger partial charge is 0.248 e. The molecule has 0 atom stereocenters. The topological polar surface area (TPSA) is 93.4 Å². The Bertz CT molecular complexity index is 1050. The van der Waals surface area contributed by atoms with Crippen LogP contribution in [0, 0.1) is 6.92 Å². The highest BCUT2D eigenvalue weighted by Gasteiger charge is 2.20. The fourth-order valence-corrected chi connectivity index (χ4v) is 5.22. The summed E-state index contributed by atoms with van der Waals surface area (Å²) in [6.07, 6.45) is 2.45. The van der Waals surface area contributed by atoms with Crippen LogP contribution >= 0.6 is 22.7 Å². The standard InChI is InChI=1S/C21H25N5O2S2/c1-12(2)28-17-7-6-14(19(22)27)10-15(17)24-20-25-16(11-29-20)18-13(3)23-21(30-18)26-8-4-5-9-26/h6-7,10-12H,4-5,8-9H2,1-3H3,(H2,22,27)(H,24,25). The molecular formula is C21H25N5O2S2. The molecule has 1 aromatic carbocycles. The third-order valence-corrected chi connectivity index (χ3v) is 6.77. The molecule has 9 heteroatoms. The SMILES string of the molecule is Cc1nc(N2CCCC2)sc1-c1csc(Nc2cc(C(N)=O)ccc2OC(C)C)n1. The van der Waals surface area contributed by atoms with Gasteiger partial charge in [-0.1, -0.05) is 11.3 Å². The van der Waals surface area contributed by atoms with E-state index in [0.29, 0.717) is 17.0 Å². The van der Waals surface area contributed by atoms with E-state index in [1.165, 1.54) is 24.2 Å². The number of aryl methyl sites for hydroxylation is 1. The zero-order chi connectivity index (χ0) is 21.3. The summed E-state index contributed by atoms with van der Waals surface area (Å²) >= 11 is 3.20. The molecule has 7 nitrogen and oxygen atoms in total. The van der Waals surface area contributed by atoms with Crippen molar-refractivity contribution >= 4 is 44.5 Å². The Kier molecular flexibility index (Phi) is 5.92. The van der Waals surface area contributed by atoms with Crippen molar-refractivity contribution in [3.63, 3.8) is 0 Å². The van der Waals surface area contributed by atoms with Crippen molar-refractivity contribution in [3.8, 4) is 16.3 Å². The van der Waals surface area contributed by atoms with Crippen LogP contribution in [0.1, 0.15) is 42.7 Å². The molecule has 3 heterocycles. The van der Waals surface area contributed by atoms with Gasteiger partial charge in [-0.15, -0.1) is 11.3 Å². The number of ether oxygens (including phenoxy) is 1. The number of hydrogen-bond acceptors (Lipinski definition) is 8. The number of hydrogen-bond donors (Lipinski definition) is 2. The second kappa shape index (κ2) is 8.61. The van der Waals surface area contributed by atoms with Gasteiger partial charge in [0.1, 0.15) is 5.75 Å². The summed E-state index contributed by atoms with van der Waals surface area (Å²) in [5.41, 5.74) is 8.43. The van der Waals surface area contributed by atoms with Crippen LogP contribution in [0.5, 0.6) is 5.75 Å². The van der Waals surface area contributed by atoms with Crippen LogP contribution in [0.4, 0.5) is 16.0 Å². The first-order valence-corrected chi connectivity index (χ1v) is 11.7. The first kappa shape index (κ1) is 20.6. The van der Waals surface area contributed by atoms with E-state index in [9.17, 15) is 4.79 Å². The van der Waals surface area contributed by atoms with E-state index >= 15 is 0 Å². The lowest BCUT2D eigenvalue weighted by Gasteiger charge is -2.15. The van der Waals surface area contributed by atoms with Crippen LogP contribution in [0.2, 0.25) is 0 Å². The van der Waals surface area contributed by atoms with E-state index in [4.69, 9.17) is 20.4 Å². The quantitative estimate of drug-likeness (QED) is 0.545. The summed E-state index contributed by atoms with van der Waals surface area (Å²) < 4.78 is 5.87. The number of aromatic nitrogens is 2. The molecule has 0 unspecified atom stereocenters. The van der Waals surface area contributed by atoms with Crippen molar-refractivity contribution in [3.05, 3.63) is 34.8 Å². The maximum atomic E-state index is 11.6. The van der Waals surface area contributed by atoms with E-state index in [1.54, 1.807) is 29.5 Å². The number of carbonyl (C=O) groups is 1. The van der Waals surface area contributed by atoms with Gasteiger partial charge in [0.2, 0.25) is 5.91 Å². The number of nitrogens with two attached hydrogens (primary N) is 1. The van der Waals surface area contributed by atoms with Gasteiger partial charge in [0.25, 0.3) is 0 Å². The molecule has 2 aromatic heterocycles. The molecule has 0 spiro atoms. The lowest BCUT2D eigenvalue weighted by Crippen LogP contribution is -2.17. The molecular weight excluding hydrogens is 418 g/mol. The minimum absolute atomic E-state index is 0.000634. The summed E-state index contributed by atoms with van der Waals surface area (Å²) in [5.74, 6) is 0.167. The summed E-state index contributed by atoms with van der Waals surface area (Å²) in [6, 6.07) is 5.12. The van der Waals surface area contributed by atoms with Gasteiger partial charge in [0.15, 0.2) is 10.3 Å². The highest BCUT2D eigenvalue weighted by molar-refractivity contribution is 7.19. The van der Waals surface area contributed by atoms with Crippen LogP contribution < -0.4 is 20.7 Å². The number of amides is 1. The molecule has 0 radical (unpaired) electrons. The lowest BCUT2D eigenvalue weighted by molar-refractivity contribution is 0.100. The molecule has 0 aliphatic carbocycles. The van der Waals surface area contributed by atoms with Gasteiger partial charge in [0.05, 0.1) is 28.1 Å². The molecule has 3 aromatic rings. The van der Waals surface area contributed by atoms with Gasteiger partial charge in [-0.2, -0.15) is 0 Å². The largest absolute Gasteiger partial charge is 0.489 e. The Labute approximate surface area is 183 Å². The Morgan fingerprint density at radius 3 is 2.73 bits per heavy atom. The Morgan fingerprint density at radius 1 is 1.27 bits per heavy atom. The predicted molar refractivity (Wildman–Crippen MR) is 123 cm³/mol. The average molecular weight is 444 g/mol. The Morgan fingerprint density at radius 2 is 2.03 bits per heavy atom. The lowest BCUT2D eigenvalue weighted by atomic mass is 10.1. The molecule has 0 saturated carbocycles. The number of rotatable bonds is 7. The van der Waals surface area contributed by atoms with Crippen molar-refractivity contribution < 1.29 is 9.53 Å². The van der Waals surface area contributed by atoms with Crippen LogP contribution in [0.15, 0.2) is 23.6 Å². The number of carbonyl (C=O) groups excluding carboxylic acids is 1. The zero-order valence-corrected chi connectivity index (χ0v) is 18.9. The van der Waals surface area contributed by atoms with E-state index in [0.717, 1.165) is 39.6 Å². The first-order valence-electron chi connectivity index (χ1n) is 9.96. The molecule has 1 aliphatic heterocycles. The van der Waals surface area contributed by atoms with Gasteiger partial charge >= 0.3 is 0 Å². The Balaban J connectivity index is 1.59. The van der Waals surface area contributed by atoms with Crippen LogP contribution in [0.3, 0.4) is 0 Å². The van der Waals surface area contributed by atoms with Crippen molar-refractivity contribution in [1.82, 2.24) is 9.97 Å². The second-order valence-corrected chi connectivity index (χ2v) is 9.35. The predicted octanol–water partition coefficient (Wildman–Crippen LogP) is 4.80. The zero-order valence-electron chi connectivity index (χ0n) is 17.3. The van der Waals surface area contributed by atoms with Crippen molar-refractivity contribution in [2.45, 2.75) is 39.7 Å². The van der Waals surface area contributed by atoms with Crippen molar-refractivity contribution in [2.75, 3.05) is 23.3 Å². The normalized spacial score (nSPS) is 13.8. The second-order valence-electron chi connectivity index (χ2n) is 7.51. The molecule has 3 N–H and O–H groups in total.